The van der Waals surface area contributed by atoms with Gasteiger partial charge in [0.2, 0.25) is 0 Å². The Morgan fingerprint density at radius 2 is 1.65 bits per heavy atom. The Hall–Kier alpha value is -1.80. The average molecular weight is 227 g/mol. The second-order valence-electron chi connectivity index (χ2n) is 4.18. The number of phenols is 1. The van der Waals surface area contributed by atoms with Gasteiger partial charge in [-0.3, -0.25) is 0 Å². The Morgan fingerprint density at radius 1 is 1.00 bits per heavy atom. The van der Waals surface area contributed by atoms with E-state index in [1.54, 1.807) is 12.1 Å². The van der Waals surface area contributed by atoms with Crippen LogP contribution >= 0.6 is 0 Å². The van der Waals surface area contributed by atoms with E-state index in [2.05, 4.69) is 24.4 Å². The number of benzene rings is 2. The number of phenolic OH excluding ortho intramolecular Hbond substituents is 1. The molecule has 2 nitrogen and oxygen atoms in total. The van der Waals surface area contributed by atoms with E-state index in [-0.39, 0.29) is 0 Å². The molecule has 17 heavy (non-hydrogen) atoms. The molecule has 2 aromatic carbocycles. The van der Waals surface area contributed by atoms with Crippen LogP contribution in [0.1, 0.15) is 24.1 Å². The molecule has 2 heteroatoms. The van der Waals surface area contributed by atoms with E-state index >= 15 is 0 Å². The van der Waals surface area contributed by atoms with E-state index in [1.165, 1.54) is 11.1 Å². The number of aromatic hydroxyl groups is 1. The van der Waals surface area contributed by atoms with Crippen LogP contribution in [0, 0.1) is 0 Å². The van der Waals surface area contributed by atoms with Gasteiger partial charge in [0, 0.05) is 12.6 Å². The summed E-state index contributed by atoms with van der Waals surface area (Å²) in [6.45, 7) is 2.95. The molecule has 1 atom stereocenters. The minimum Gasteiger partial charge on any atom is -0.508 e. The van der Waals surface area contributed by atoms with Crippen LogP contribution in [0.3, 0.4) is 0 Å². The molecule has 0 aliphatic heterocycles. The van der Waals surface area contributed by atoms with Gasteiger partial charge in [-0.05, 0) is 30.2 Å². The number of hydrogen-bond donors (Lipinski definition) is 2. The van der Waals surface area contributed by atoms with Crippen LogP contribution in [-0.4, -0.2) is 5.11 Å². The van der Waals surface area contributed by atoms with Crippen LogP contribution in [0.15, 0.2) is 54.6 Å². The van der Waals surface area contributed by atoms with Crippen molar-refractivity contribution in [1.82, 2.24) is 5.32 Å². The van der Waals surface area contributed by atoms with E-state index in [0.717, 1.165) is 6.54 Å². The predicted molar refractivity (Wildman–Crippen MR) is 69.8 cm³/mol. The Bertz CT molecular complexity index is 450. The highest BCUT2D eigenvalue weighted by Gasteiger charge is 2.03. The Morgan fingerprint density at radius 3 is 2.29 bits per heavy atom. The normalized spacial score (nSPS) is 12.3. The van der Waals surface area contributed by atoms with Crippen molar-refractivity contribution >= 4 is 0 Å². The fourth-order valence-electron chi connectivity index (χ4n) is 1.74. The van der Waals surface area contributed by atoms with E-state index < -0.39 is 0 Å². The molecule has 0 aliphatic rings. The molecule has 2 aromatic rings. The van der Waals surface area contributed by atoms with Gasteiger partial charge >= 0.3 is 0 Å². The van der Waals surface area contributed by atoms with Gasteiger partial charge in [-0.1, -0.05) is 42.5 Å². The molecule has 0 heterocycles. The maximum absolute atomic E-state index is 9.19. The van der Waals surface area contributed by atoms with Crippen molar-refractivity contribution in [2.24, 2.45) is 0 Å². The summed E-state index contributed by atoms with van der Waals surface area (Å²) < 4.78 is 0. The zero-order valence-corrected chi connectivity index (χ0v) is 9.93. The lowest BCUT2D eigenvalue weighted by molar-refractivity contribution is 0.474. The van der Waals surface area contributed by atoms with Crippen molar-refractivity contribution < 1.29 is 5.11 Å². The van der Waals surface area contributed by atoms with E-state index in [1.807, 2.05) is 30.3 Å². The molecule has 0 spiro atoms. The van der Waals surface area contributed by atoms with Gasteiger partial charge in [0.05, 0.1) is 0 Å². The third-order valence-electron chi connectivity index (χ3n) is 2.85. The highest BCUT2D eigenvalue weighted by Crippen LogP contribution is 2.13. The van der Waals surface area contributed by atoms with Gasteiger partial charge in [-0.2, -0.15) is 0 Å². The average Bonchev–Trinajstić information content (AvgIpc) is 2.39. The fraction of sp³-hybridized carbons (Fsp3) is 0.200. The zero-order chi connectivity index (χ0) is 12.1. The van der Waals surface area contributed by atoms with Gasteiger partial charge in [0.25, 0.3) is 0 Å². The number of hydrogen-bond acceptors (Lipinski definition) is 2. The lowest BCUT2D eigenvalue weighted by Gasteiger charge is -2.14. The molecule has 0 radical (unpaired) electrons. The largest absolute Gasteiger partial charge is 0.508 e. The smallest absolute Gasteiger partial charge is 0.115 e. The fourth-order valence-corrected chi connectivity index (χ4v) is 1.74. The van der Waals surface area contributed by atoms with E-state index in [9.17, 15) is 5.11 Å². The predicted octanol–water partition coefficient (Wildman–Crippen LogP) is 3.24. The summed E-state index contributed by atoms with van der Waals surface area (Å²) in [6.07, 6.45) is 0. The monoisotopic (exact) mass is 227 g/mol. The maximum Gasteiger partial charge on any atom is 0.115 e. The van der Waals surface area contributed by atoms with Gasteiger partial charge in [-0.15, -0.1) is 0 Å². The molecule has 2 N–H and O–H groups in total. The van der Waals surface area contributed by atoms with Gasteiger partial charge in [0.1, 0.15) is 5.75 Å². The molecule has 0 aromatic heterocycles. The second-order valence-corrected chi connectivity index (χ2v) is 4.18. The molecule has 88 valence electrons. The molecule has 0 saturated heterocycles. The molecule has 0 fully saturated rings. The quantitative estimate of drug-likeness (QED) is 0.840. The van der Waals surface area contributed by atoms with Crippen LogP contribution in [0.4, 0.5) is 0 Å². The Balaban J connectivity index is 1.92. The molecule has 0 amide bonds. The first-order valence-electron chi connectivity index (χ1n) is 5.82. The summed E-state index contributed by atoms with van der Waals surface area (Å²) >= 11 is 0. The van der Waals surface area contributed by atoms with Crippen LogP contribution in [0.5, 0.6) is 5.75 Å². The van der Waals surface area contributed by atoms with Crippen LogP contribution < -0.4 is 5.32 Å². The van der Waals surface area contributed by atoms with Crippen molar-refractivity contribution in [3.63, 3.8) is 0 Å². The van der Waals surface area contributed by atoms with Crippen molar-refractivity contribution in [1.29, 1.82) is 0 Å². The van der Waals surface area contributed by atoms with Crippen molar-refractivity contribution in [2.45, 2.75) is 19.5 Å². The van der Waals surface area contributed by atoms with Crippen LogP contribution in [-0.2, 0) is 6.54 Å². The summed E-state index contributed by atoms with van der Waals surface area (Å²) in [4.78, 5) is 0. The van der Waals surface area contributed by atoms with Crippen LogP contribution in [0.2, 0.25) is 0 Å². The summed E-state index contributed by atoms with van der Waals surface area (Å²) in [6, 6.07) is 18.0. The zero-order valence-electron chi connectivity index (χ0n) is 9.93. The minimum atomic E-state index is 0.310. The van der Waals surface area contributed by atoms with Crippen molar-refractivity contribution in [3.8, 4) is 5.75 Å². The maximum atomic E-state index is 9.19. The molecule has 0 saturated carbocycles. The Labute approximate surface area is 102 Å². The van der Waals surface area contributed by atoms with Gasteiger partial charge < -0.3 is 10.4 Å². The molecule has 2 rings (SSSR count). The number of rotatable bonds is 4. The first-order chi connectivity index (χ1) is 8.25. The van der Waals surface area contributed by atoms with Gasteiger partial charge in [0.15, 0.2) is 0 Å². The molecule has 0 unspecified atom stereocenters. The summed E-state index contributed by atoms with van der Waals surface area (Å²) in [5.41, 5.74) is 2.46. The number of nitrogens with one attached hydrogen (secondary N) is 1. The lowest BCUT2D eigenvalue weighted by Crippen LogP contribution is -2.17. The first kappa shape index (κ1) is 11.7. The third-order valence-corrected chi connectivity index (χ3v) is 2.85. The first-order valence-corrected chi connectivity index (χ1v) is 5.82. The summed E-state index contributed by atoms with van der Waals surface area (Å²) in [5.74, 6) is 0.310. The third kappa shape index (κ3) is 3.33. The summed E-state index contributed by atoms with van der Waals surface area (Å²) in [5, 5.41) is 12.6. The van der Waals surface area contributed by atoms with E-state index in [4.69, 9.17) is 0 Å². The highest BCUT2D eigenvalue weighted by atomic mass is 16.3. The topological polar surface area (TPSA) is 32.3 Å². The lowest BCUT2D eigenvalue weighted by atomic mass is 10.1. The molecule has 0 aliphatic carbocycles. The molecule has 0 bridgehead atoms. The standard InChI is InChI=1S/C15H17NO/c1-12(14-5-3-2-4-6-14)16-11-13-7-9-15(17)10-8-13/h2-10,12,16-17H,11H2,1H3/t12-/m0/s1. The molecular weight excluding hydrogens is 210 g/mol. The molecular formula is C15H17NO. The SMILES string of the molecule is C[C@H](NCc1ccc(O)cc1)c1ccccc1. The highest BCUT2D eigenvalue weighted by molar-refractivity contribution is 5.26. The second kappa shape index (κ2) is 5.51. The van der Waals surface area contributed by atoms with E-state index in [0.29, 0.717) is 11.8 Å². The van der Waals surface area contributed by atoms with Crippen molar-refractivity contribution in [3.05, 3.63) is 65.7 Å². The van der Waals surface area contributed by atoms with Crippen molar-refractivity contribution in [2.75, 3.05) is 0 Å². The van der Waals surface area contributed by atoms with Gasteiger partial charge in [-0.25, -0.2) is 0 Å². The Kier molecular flexibility index (Phi) is 3.78. The minimum absolute atomic E-state index is 0.310. The van der Waals surface area contributed by atoms with Crippen LogP contribution in [0.25, 0.3) is 0 Å². The summed E-state index contributed by atoms with van der Waals surface area (Å²) in [7, 11) is 0.